The summed E-state index contributed by atoms with van der Waals surface area (Å²) < 4.78 is 10.4. The second kappa shape index (κ2) is 5.67. The molecule has 1 atom stereocenters. The maximum absolute atomic E-state index is 10.3. The summed E-state index contributed by atoms with van der Waals surface area (Å²) in [5.41, 5.74) is 1.55. The Morgan fingerprint density at radius 2 is 1.79 bits per heavy atom. The number of methoxy groups -OCH3 is 2. The monoisotopic (exact) mass is 260 g/mol. The number of aliphatic hydroxyl groups is 1. The molecule has 0 fully saturated rings. The van der Waals surface area contributed by atoms with Gasteiger partial charge in [0.2, 0.25) is 0 Å². The zero-order valence-electron chi connectivity index (χ0n) is 11.1. The van der Waals surface area contributed by atoms with Gasteiger partial charge in [-0.25, -0.2) is 9.97 Å². The van der Waals surface area contributed by atoms with E-state index in [1.54, 1.807) is 44.8 Å². The van der Waals surface area contributed by atoms with Gasteiger partial charge < -0.3 is 14.6 Å². The molecule has 1 unspecified atom stereocenters. The summed E-state index contributed by atoms with van der Waals surface area (Å²) in [7, 11) is 3.12. The molecule has 2 rings (SSSR count). The van der Waals surface area contributed by atoms with Gasteiger partial charge in [-0.15, -0.1) is 0 Å². The average Bonchev–Trinajstić information content (AvgIpc) is 2.46. The molecule has 5 heteroatoms. The summed E-state index contributed by atoms with van der Waals surface area (Å²) in [6, 6.07) is 5.22. The van der Waals surface area contributed by atoms with Crippen LogP contribution in [-0.4, -0.2) is 29.3 Å². The predicted molar refractivity (Wildman–Crippen MR) is 70.4 cm³/mol. The highest BCUT2D eigenvalue weighted by atomic mass is 16.5. The van der Waals surface area contributed by atoms with E-state index >= 15 is 0 Å². The third kappa shape index (κ3) is 2.82. The first-order valence-corrected chi connectivity index (χ1v) is 5.84. The lowest BCUT2D eigenvalue weighted by Gasteiger charge is -2.14. The number of aromatic nitrogens is 2. The molecule has 1 aromatic heterocycles. The second-order valence-corrected chi connectivity index (χ2v) is 4.13. The first-order valence-electron chi connectivity index (χ1n) is 5.84. The smallest absolute Gasteiger partial charge is 0.161 e. The Morgan fingerprint density at radius 3 is 2.37 bits per heavy atom. The van der Waals surface area contributed by atoms with E-state index < -0.39 is 6.10 Å². The van der Waals surface area contributed by atoms with Gasteiger partial charge >= 0.3 is 0 Å². The molecule has 0 aliphatic heterocycles. The van der Waals surface area contributed by atoms with Gasteiger partial charge in [0.05, 0.1) is 14.2 Å². The van der Waals surface area contributed by atoms with Gasteiger partial charge in [0.15, 0.2) is 5.82 Å². The van der Waals surface area contributed by atoms with E-state index in [9.17, 15) is 5.11 Å². The standard InChI is InChI=1S/C14H16N2O3/c1-9-7-15-14(16-8-9)13(17)11-5-4-10(18-2)6-12(11)19-3/h4-8,13,17H,1-3H3. The molecule has 5 nitrogen and oxygen atoms in total. The molecule has 0 saturated heterocycles. The molecule has 1 N–H and O–H groups in total. The van der Waals surface area contributed by atoms with Crippen LogP contribution in [0.5, 0.6) is 11.5 Å². The number of hydrogen-bond donors (Lipinski definition) is 1. The summed E-state index contributed by atoms with van der Waals surface area (Å²) in [5, 5.41) is 10.3. The zero-order valence-corrected chi connectivity index (χ0v) is 11.1. The number of benzene rings is 1. The first-order chi connectivity index (χ1) is 9.15. The lowest BCUT2D eigenvalue weighted by atomic mass is 10.1. The molecule has 2 aromatic rings. The maximum Gasteiger partial charge on any atom is 0.161 e. The number of rotatable bonds is 4. The highest BCUT2D eigenvalue weighted by molar-refractivity contribution is 5.43. The van der Waals surface area contributed by atoms with Crippen LogP contribution in [0.15, 0.2) is 30.6 Å². The van der Waals surface area contributed by atoms with Crippen molar-refractivity contribution in [1.82, 2.24) is 9.97 Å². The highest BCUT2D eigenvalue weighted by Crippen LogP contribution is 2.31. The van der Waals surface area contributed by atoms with E-state index in [1.807, 2.05) is 6.92 Å². The molecule has 0 aliphatic rings. The van der Waals surface area contributed by atoms with Crippen LogP contribution in [-0.2, 0) is 0 Å². The number of nitrogens with zero attached hydrogens (tertiary/aromatic N) is 2. The molecule has 0 bridgehead atoms. The Bertz CT molecular complexity index is 555. The number of aliphatic hydroxyl groups excluding tert-OH is 1. The minimum atomic E-state index is -0.929. The lowest BCUT2D eigenvalue weighted by molar-refractivity contribution is 0.204. The van der Waals surface area contributed by atoms with E-state index in [0.717, 1.165) is 5.56 Å². The molecule has 100 valence electrons. The van der Waals surface area contributed by atoms with Crippen molar-refractivity contribution in [2.24, 2.45) is 0 Å². The minimum Gasteiger partial charge on any atom is -0.497 e. The largest absolute Gasteiger partial charge is 0.497 e. The van der Waals surface area contributed by atoms with Gasteiger partial charge in [0.25, 0.3) is 0 Å². The van der Waals surface area contributed by atoms with Crippen molar-refractivity contribution in [2.75, 3.05) is 14.2 Å². The molecular weight excluding hydrogens is 244 g/mol. The molecule has 1 aromatic carbocycles. The van der Waals surface area contributed by atoms with E-state index in [1.165, 1.54) is 0 Å². The van der Waals surface area contributed by atoms with Crippen molar-refractivity contribution < 1.29 is 14.6 Å². The fraction of sp³-hybridized carbons (Fsp3) is 0.286. The maximum atomic E-state index is 10.3. The Hall–Kier alpha value is -2.14. The Balaban J connectivity index is 2.37. The van der Waals surface area contributed by atoms with Crippen LogP contribution in [0.1, 0.15) is 23.1 Å². The molecular formula is C14H16N2O3. The van der Waals surface area contributed by atoms with E-state index in [2.05, 4.69) is 9.97 Å². The number of ether oxygens (including phenoxy) is 2. The van der Waals surface area contributed by atoms with Crippen LogP contribution in [0.4, 0.5) is 0 Å². The van der Waals surface area contributed by atoms with Crippen LogP contribution in [0.3, 0.4) is 0 Å². The Kier molecular flexibility index (Phi) is 3.97. The van der Waals surface area contributed by atoms with Gasteiger partial charge in [0, 0.05) is 24.0 Å². The summed E-state index contributed by atoms with van der Waals surface area (Å²) >= 11 is 0. The molecule has 0 amide bonds. The fourth-order valence-electron chi connectivity index (χ4n) is 1.73. The zero-order chi connectivity index (χ0) is 13.8. The highest BCUT2D eigenvalue weighted by Gasteiger charge is 2.18. The summed E-state index contributed by atoms with van der Waals surface area (Å²) in [6.45, 7) is 1.89. The van der Waals surface area contributed by atoms with Crippen molar-refractivity contribution in [1.29, 1.82) is 0 Å². The van der Waals surface area contributed by atoms with Crippen molar-refractivity contribution in [3.05, 3.63) is 47.5 Å². The van der Waals surface area contributed by atoms with Crippen molar-refractivity contribution in [3.63, 3.8) is 0 Å². The van der Waals surface area contributed by atoms with Crippen LogP contribution in [0.2, 0.25) is 0 Å². The average molecular weight is 260 g/mol. The van der Waals surface area contributed by atoms with Crippen LogP contribution in [0, 0.1) is 6.92 Å². The van der Waals surface area contributed by atoms with Gasteiger partial charge in [0.1, 0.15) is 17.6 Å². The quantitative estimate of drug-likeness (QED) is 0.909. The van der Waals surface area contributed by atoms with E-state index in [-0.39, 0.29) is 0 Å². The van der Waals surface area contributed by atoms with Crippen molar-refractivity contribution in [2.45, 2.75) is 13.0 Å². The van der Waals surface area contributed by atoms with Crippen molar-refractivity contribution in [3.8, 4) is 11.5 Å². The topological polar surface area (TPSA) is 64.5 Å². The molecule has 19 heavy (non-hydrogen) atoms. The molecule has 0 spiro atoms. The third-order valence-electron chi connectivity index (χ3n) is 2.78. The fourth-order valence-corrected chi connectivity index (χ4v) is 1.73. The number of hydrogen-bond acceptors (Lipinski definition) is 5. The molecule has 1 heterocycles. The third-order valence-corrected chi connectivity index (χ3v) is 2.78. The molecule has 0 radical (unpaired) electrons. The lowest BCUT2D eigenvalue weighted by Crippen LogP contribution is -2.07. The van der Waals surface area contributed by atoms with Gasteiger partial charge in [-0.05, 0) is 24.6 Å². The Labute approximate surface area is 111 Å². The summed E-state index contributed by atoms with van der Waals surface area (Å²) in [4.78, 5) is 8.25. The molecule has 0 saturated carbocycles. The van der Waals surface area contributed by atoms with Crippen LogP contribution >= 0.6 is 0 Å². The Morgan fingerprint density at radius 1 is 1.11 bits per heavy atom. The first kappa shape index (κ1) is 13.3. The van der Waals surface area contributed by atoms with Crippen LogP contribution in [0.25, 0.3) is 0 Å². The predicted octanol–water partition coefficient (Wildman–Crippen LogP) is 1.88. The number of aryl methyl sites for hydroxylation is 1. The van der Waals surface area contributed by atoms with Crippen molar-refractivity contribution >= 4 is 0 Å². The summed E-state index contributed by atoms with van der Waals surface area (Å²) in [6.07, 6.45) is 2.41. The second-order valence-electron chi connectivity index (χ2n) is 4.13. The van der Waals surface area contributed by atoms with E-state index in [4.69, 9.17) is 9.47 Å². The SMILES string of the molecule is COc1ccc(C(O)c2ncc(C)cn2)c(OC)c1. The van der Waals surface area contributed by atoms with Crippen LogP contribution < -0.4 is 9.47 Å². The minimum absolute atomic E-state index is 0.342. The van der Waals surface area contributed by atoms with Gasteiger partial charge in [-0.3, -0.25) is 0 Å². The van der Waals surface area contributed by atoms with Gasteiger partial charge in [-0.1, -0.05) is 0 Å². The van der Waals surface area contributed by atoms with E-state index in [0.29, 0.717) is 22.9 Å². The normalized spacial score (nSPS) is 12.0. The molecule has 0 aliphatic carbocycles. The van der Waals surface area contributed by atoms with Gasteiger partial charge in [-0.2, -0.15) is 0 Å². The summed E-state index contributed by atoms with van der Waals surface area (Å²) in [5.74, 6) is 1.54.